The summed E-state index contributed by atoms with van der Waals surface area (Å²) in [6.45, 7) is 5.02. The quantitative estimate of drug-likeness (QED) is 0.700. The van der Waals surface area contributed by atoms with Crippen LogP contribution < -0.4 is 0 Å². The van der Waals surface area contributed by atoms with Crippen LogP contribution in [-0.4, -0.2) is 12.2 Å². The Hall–Kier alpha value is 0.780. The Bertz CT molecular complexity index is 223. The van der Waals surface area contributed by atoms with E-state index in [0.29, 0.717) is 5.92 Å². The number of ether oxygens (including phenoxy) is 1. The maximum atomic E-state index is 6.04. The van der Waals surface area contributed by atoms with E-state index >= 15 is 0 Å². The van der Waals surface area contributed by atoms with Gasteiger partial charge in [0.1, 0.15) is 0 Å². The van der Waals surface area contributed by atoms with Crippen LogP contribution in [0.2, 0.25) is 0 Å². The minimum Gasteiger partial charge on any atom is -0.374 e. The van der Waals surface area contributed by atoms with Crippen LogP contribution >= 0.6 is 30.1 Å². The third-order valence-electron chi connectivity index (χ3n) is 3.53. The molecule has 3 heteroatoms. The van der Waals surface area contributed by atoms with E-state index in [-0.39, 0.29) is 5.60 Å². The van der Waals surface area contributed by atoms with Gasteiger partial charge in [0.2, 0.25) is 0 Å². The molecule has 14 heavy (non-hydrogen) atoms. The summed E-state index contributed by atoms with van der Waals surface area (Å²) < 4.78 is 6.04. The lowest BCUT2D eigenvalue weighted by molar-refractivity contribution is -0.0246. The lowest BCUT2D eigenvalue weighted by Crippen LogP contribution is -2.30. The second-order valence-corrected chi connectivity index (χ2v) is 6.50. The first kappa shape index (κ1) is 11.3. The molecule has 1 heterocycles. The monoisotopic (exact) mass is 324 g/mol. The molecule has 1 atom stereocenters. The van der Waals surface area contributed by atoms with Crippen molar-refractivity contribution in [2.45, 2.75) is 44.1 Å². The average molecular weight is 324 g/mol. The highest BCUT2D eigenvalue weighted by Crippen LogP contribution is 2.46. The summed E-state index contributed by atoms with van der Waals surface area (Å²) >= 11 is 2.32. The standard InChI is InChI=1S/C11H17IOS/c1-9(14-12)10-7-11(13-8-10)5-3-2-4-6-11/h10H,1-8H2. The fourth-order valence-corrected chi connectivity index (χ4v) is 4.01. The largest absolute Gasteiger partial charge is 0.374 e. The van der Waals surface area contributed by atoms with Gasteiger partial charge in [0, 0.05) is 27.1 Å². The molecule has 0 bridgehead atoms. The van der Waals surface area contributed by atoms with Crippen LogP contribution in [0, 0.1) is 5.92 Å². The molecule has 0 aromatic heterocycles. The third kappa shape index (κ3) is 2.30. The SMILES string of the molecule is C=C(SI)C1COC2(CCCCC2)C1. The van der Waals surface area contributed by atoms with Crippen LogP contribution in [0.25, 0.3) is 0 Å². The highest BCUT2D eigenvalue weighted by atomic mass is 127. The molecule has 0 amide bonds. The maximum absolute atomic E-state index is 6.04. The Labute approximate surface area is 103 Å². The Morgan fingerprint density at radius 3 is 2.71 bits per heavy atom. The van der Waals surface area contributed by atoms with Gasteiger partial charge in [-0.05, 0) is 24.2 Å². The van der Waals surface area contributed by atoms with Crippen molar-refractivity contribution < 1.29 is 4.74 Å². The van der Waals surface area contributed by atoms with Gasteiger partial charge < -0.3 is 4.74 Å². The van der Waals surface area contributed by atoms with Crippen molar-refractivity contribution in [3.8, 4) is 0 Å². The molecule has 2 rings (SSSR count). The number of rotatable bonds is 2. The summed E-state index contributed by atoms with van der Waals surface area (Å²) in [5.41, 5.74) is 0.248. The van der Waals surface area contributed by atoms with Crippen LogP contribution in [0.1, 0.15) is 38.5 Å². The van der Waals surface area contributed by atoms with Crippen molar-refractivity contribution >= 4 is 30.1 Å². The number of hydrogen-bond donors (Lipinski definition) is 0. The zero-order chi connectivity index (χ0) is 10.0. The number of halogens is 1. The highest BCUT2D eigenvalue weighted by Gasteiger charge is 2.41. The first-order chi connectivity index (χ1) is 6.76. The summed E-state index contributed by atoms with van der Waals surface area (Å²) in [5.74, 6) is 0.606. The first-order valence-corrected chi connectivity index (χ1v) is 8.73. The molecule has 1 saturated carbocycles. The molecule has 0 radical (unpaired) electrons. The molecule has 2 fully saturated rings. The predicted octanol–water partition coefficient (Wildman–Crippen LogP) is 4.32. The molecule has 1 spiro atoms. The van der Waals surface area contributed by atoms with E-state index in [0.717, 1.165) is 6.61 Å². The minimum absolute atomic E-state index is 0.248. The van der Waals surface area contributed by atoms with Crippen LogP contribution in [0.3, 0.4) is 0 Å². The summed E-state index contributed by atoms with van der Waals surface area (Å²) in [6.07, 6.45) is 7.90. The van der Waals surface area contributed by atoms with E-state index in [1.807, 2.05) is 0 Å². The van der Waals surface area contributed by atoms with Crippen LogP contribution in [0.5, 0.6) is 0 Å². The molecule has 1 unspecified atom stereocenters. The van der Waals surface area contributed by atoms with Gasteiger partial charge in [-0.15, -0.1) is 0 Å². The Morgan fingerprint density at radius 1 is 1.36 bits per heavy atom. The molecule has 0 aromatic carbocycles. The Balaban J connectivity index is 1.95. The maximum Gasteiger partial charge on any atom is 0.0689 e. The van der Waals surface area contributed by atoms with Gasteiger partial charge in [0.25, 0.3) is 0 Å². The molecular formula is C11H17IOS. The van der Waals surface area contributed by atoms with Gasteiger partial charge in [-0.25, -0.2) is 0 Å². The molecule has 1 aliphatic heterocycles. The van der Waals surface area contributed by atoms with E-state index in [4.69, 9.17) is 4.74 Å². The summed E-state index contributed by atoms with van der Waals surface area (Å²) in [7, 11) is 1.76. The molecule has 2 aliphatic rings. The fraction of sp³-hybridized carbons (Fsp3) is 0.818. The fourth-order valence-electron chi connectivity index (χ4n) is 2.66. The predicted molar refractivity (Wildman–Crippen MR) is 70.6 cm³/mol. The van der Waals surface area contributed by atoms with Crippen molar-refractivity contribution in [1.82, 2.24) is 0 Å². The Morgan fingerprint density at radius 2 is 2.07 bits per heavy atom. The molecule has 1 saturated heterocycles. The second-order valence-electron chi connectivity index (χ2n) is 4.50. The summed E-state index contributed by atoms with van der Waals surface area (Å²) in [5, 5.41) is 0. The van der Waals surface area contributed by atoms with Crippen LogP contribution in [0.4, 0.5) is 0 Å². The molecule has 1 nitrogen and oxygen atoms in total. The summed E-state index contributed by atoms with van der Waals surface area (Å²) in [6, 6.07) is 0. The van der Waals surface area contributed by atoms with Gasteiger partial charge in [0.15, 0.2) is 0 Å². The summed E-state index contributed by atoms with van der Waals surface area (Å²) in [4.78, 5) is 1.30. The smallest absolute Gasteiger partial charge is 0.0689 e. The topological polar surface area (TPSA) is 9.23 Å². The molecule has 1 aliphatic carbocycles. The van der Waals surface area contributed by atoms with Gasteiger partial charge >= 0.3 is 0 Å². The van der Waals surface area contributed by atoms with Gasteiger partial charge in [-0.2, -0.15) is 0 Å². The number of hydrogen-bond acceptors (Lipinski definition) is 2. The zero-order valence-electron chi connectivity index (χ0n) is 8.43. The van der Waals surface area contributed by atoms with Gasteiger partial charge in [-0.3, -0.25) is 0 Å². The van der Waals surface area contributed by atoms with Crippen molar-refractivity contribution in [2.75, 3.05) is 6.61 Å². The third-order valence-corrected chi connectivity index (χ3v) is 5.76. The van der Waals surface area contributed by atoms with Gasteiger partial charge in [0.05, 0.1) is 12.2 Å². The van der Waals surface area contributed by atoms with E-state index in [1.165, 1.54) is 43.4 Å². The van der Waals surface area contributed by atoms with Crippen molar-refractivity contribution in [2.24, 2.45) is 5.92 Å². The van der Waals surface area contributed by atoms with Crippen molar-refractivity contribution in [3.05, 3.63) is 11.5 Å². The van der Waals surface area contributed by atoms with Crippen molar-refractivity contribution in [1.29, 1.82) is 0 Å². The lowest BCUT2D eigenvalue weighted by Gasteiger charge is -2.32. The molecule has 0 aromatic rings. The first-order valence-electron chi connectivity index (χ1n) is 5.37. The second kappa shape index (κ2) is 4.74. The van der Waals surface area contributed by atoms with Crippen LogP contribution in [0.15, 0.2) is 11.5 Å². The van der Waals surface area contributed by atoms with E-state index < -0.39 is 0 Å². The minimum atomic E-state index is 0.248. The van der Waals surface area contributed by atoms with E-state index in [9.17, 15) is 0 Å². The van der Waals surface area contributed by atoms with Crippen molar-refractivity contribution in [3.63, 3.8) is 0 Å². The zero-order valence-corrected chi connectivity index (χ0v) is 11.4. The van der Waals surface area contributed by atoms with E-state index in [2.05, 4.69) is 27.8 Å². The lowest BCUT2D eigenvalue weighted by atomic mass is 9.81. The van der Waals surface area contributed by atoms with Crippen LogP contribution in [-0.2, 0) is 4.74 Å². The molecular weight excluding hydrogens is 307 g/mol. The van der Waals surface area contributed by atoms with E-state index in [1.54, 1.807) is 8.93 Å². The molecule has 0 N–H and O–H groups in total. The van der Waals surface area contributed by atoms with Gasteiger partial charge in [-0.1, -0.05) is 34.8 Å². The normalized spacial score (nSPS) is 30.8. The molecule has 80 valence electrons. The average Bonchev–Trinajstić information content (AvgIpc) is 2.62. The highest BCUT2D eigenvalue weighted by molar-refractivity contribution is 14.2. The Kier molecular flexibility index (Phi) is 3.82.